The highest BCUT2D eigenvalue weighted by atomic mass is 79.9. The Hall–Kier alpha value is -0.940. The van der Waals surface area contributed by atoms with E-state index in [9.17, 15) is 4.79 Å². The van der Waals surface area contributed by atoms with E-state index < -0.39 is 0 Å². The number of amides is 1. The monoisotopic (exact) mass is 312 g/mol. The number of nitrogens with zero attached hydrogens (tertiary/aromatic N) is 2. The Morgan fingerprint density at radius 1 is 1.56 bits per heavy atom. The van der Waals surface area contributed by atoms with Gasteiger partial charge in [0.25, 0.3) is 5.91 Å². The van der Waals surface area contributed by atoms with Crippen molar-refractivity contribution in [1.29, 1.82) is 0 Å². The van der Waals surface area contributed by atoms with E-state index >= 15 is 0 Å². The van der Waals surface area contributed by atoms with Crippen LogP contribution >= 0.6 is 15.9 Å². The molecule has 0 bridgehead atoms. The van der Waals surface area contributed by atoms with Gasteiger partial charge in [0, 0.05) is 33.0 Å². The highest BCUT2D eigenvalue weighted by Crippen LogP contribution is 2.21. The Labute approximate surface area is 115 Å². The van der Waals surface area contributed by atoms with Gasteiger partial charge in [-0.3, -0.25) is 4.79 Å². The van der Waals surface area contributed by atoms with Crippen molar-refractivity contribution in [3.63, 3.8) is 0 Å². The summed E-state index contributed by atoms with van der Waals surface area (Å²) in [4.78, 5) is 18.3. The van der Waals surface area contributed by atoms with E-state index in [-0.39, 0.29) is 5.91 Å². The van der Waals surface area contributed by atoms with E-state index in [1.807, 2.05) is 4.90 Å². The number of methoxy groups -OCH3 is 1. The average molecular weight is 313 g/mol. The topological polar surface area (TPSA) is 42.4 Å². The van der Waals surface area contributed by atoms with Gasteiger partial charge in [-0.1, -0.05) is 0 Å². The lowest BCUT2D eigenvalue weighted by Crippen LogP contribution is -2.39. The fourth-order valence-corrected chi connectivity index (χ4v) is 2.67. The number of carbonyl (C=O) groups excluding carboxylic acids is 1. The Bertz CT molecular complexity index is 417. The van der Waals surface area contributed by atoms with Crippen LogP contribution in [0.25, 0.3) is 0 Å². The van der Waals surface area contributed by atoms with E-state index in [0.717, 1.165) is 32.5 Å². The molecular formula is C13H17BrN2O2. The molecular weight excluding hydrogens is 296 g/mol. The van der Waals surface area contributed by atoms with E-state index in [2.05, 4.69) is 20.9 Å². The second kappa shape index (κ2) is 6.29. The molecule has 1 saturated heterocycles. The van der Waals surface area contributed by atoms with E-state index in [1.165, 1.54) is 0 Å². The molecule has 0 aliphatic carbocycles. The second-order valence-electron chi connectivity index (χ2n) is 4.53. The number of piperidine rings is 1. The molecule has 2 rings (SSSR count). The van der Waals surface area contributed by atoms with Gasteiger partial charge in [-0.05, 0) is 46.8 Å². The summed E-state index contributed by atoms with van der Waals surface area (Å²) in [6, 6.07) is 3.59. The molecule has 1 aromatic rings. The smallest absolute Gasteiger partial charge is 0.256 e. The molecule has 0 radical (unpaired) electrons. The molecule has 1 aliphatic rings. The van der Waals surface area contributed by atoms with Crippen LogP contribution in [0.2, 0.25) is 0 Å². The van der Waals surface area contributed by atoms with Crippen LogP contribution in [0.3, 0.4) is 0 Å². The molecule has 1 fully saturated rings. The Morgan fingerprint density at radius 2 is 2.28 bits per heavy atom. The van der Waals surface area contributed by atoms with Gasteiger partial charge in [0.15, 0.2) is 0 Å². The number of halogens is 1. The fraction of sp³-hybridized carbons (Fsp3) is 0.538. The van der Waals surface area contributed by atoms with Crippen LogP contribution in [-0.2, 0) is 4.74 Å². The molecule has 0 N–H and O–H groups in total. The minimum atomic E-state index is 0.0610. The van der Waals surface area contributed by atoms with Gasteiger partial charge in [-0.25, -0.2) is 4.98 Å². The summed E-state index contributed by atoms with van der Waals surface area (Å²) < 4.78 is 5.78. The largest absolute Gasteiger partial charge is 0.384 e. The van der Waals surface area contributed by atoms with Crippen molar-refractivity contribution in [2.75, 3.05) is 26.8 Å². The first-order chi connectivity index (χ1) is 8.72. The Balaban J connectivity index is 1.98. The molecule has 1 amide bonds. The minimum absolute atomic E-state index is 0.0610. The predicted molar refractivity (Wildman–Crippen MR) is 72.4 cm³/mol. The number of hydrogen-bond donors (Lipinski definition) is 0. The van der Waals surface area contributed by atoms with Crippen LogP contribution < -0.4 is 0 Å². The molecule has 1 aromatic heterocycles. The lowest BCUT2D eigenvalue weighted by Gasteiger charge is -2.31. The van der Waals surface area contributed by atoms with Crippen LogP contribution in [0.5, 0.6) is 0 Å². The van der Waals surface area contributed by atoms with E-state index in [0.29, 0.717) is 16.1 Å². The third-order valence-electron chi connectivity index (χ3n) is 3.29. The third kappa shape index (κ3) is 3.09. The van der Waals surface area contributed by atoms with Gasteiger partial charge in [0.2, 0.25) is 0 Å². The van der Waals surface area contributed by atoms with Gasteiger partial charge < -0.3 is 9.64 Å². The summed E-state index contributed by atoms with van der Waals surface area (Å²) in [7, 11) is 1.73. The quantitative estimate of drug-likeness (QED) is 0.805. The zero-order valence-corrected chi connectivity index (χ0v) is 12.0. The number of aromatic nitrogens is 1. The zero-order valence-electron chi connectivity index (χ0n) is 10.4. The fourth-order valence-electron chi connectivity index (χ4n) is 2.25. The first-order valence-electron chi connectivity index (χ1n) is 6.11. The van der Waals surface area contributed by atoms with Gasteiger partial charge in [0.05, 0.1) is 5.56 Å². The first kappa shape index (κ1) is 13.5. The van der Waals surface area contributed by atoms with Crippen LogP contribution in [0, 0.1) is 5.92 Å². The van der Waals surface area contributed by atoms with Crippen molar-refractivity contribution in [1.82, 2.24) is 9.88 Å². The standard InChI is InChI=1S/C13H17BrN2O2/c1-18-9-10-4-7-16(8-5-10)13(17)11-3-2-6-15-12(11)14/h2-3,6,10H,4-5,7-9H2,1H3. The third-order valence-corrected chi connectivity index (χ3v) is 3.93. The molecule has 4 nitrogen and oxygen atoms in total. The molecule has 1 aliphatic heterocycles. The zero-order chi connectivity index (χ0) is 13.0. The summed E-state index contributed by atoms with van der Waals surface area (Å²) in [5.74, 6) is 0.641. The van der Waals surface area contributed by atoms with Gasteiger partial charge >= 0.3 is 0 Å². The average Bonchev–Trinajstić information content (AvgIpc) is 2.40. The number of pyridine rings is 1. The summed E-state index contributed by atoms with van der Waals surface area (Å²) in [5.41, 5.74) is 0.641. The molecule has 18 heavy (non-hydrogen) atoms. The van der Waals surface area contributed by atoms with Crippen molar-refractivity contribution in [3.05, 3.63) is 28.5 Å². The van der Waals surface area contributed by atoms with E-state index in [1.54, 1.807) is 25.4 Å². The first-order valence-corrected chi connectivity index (χ1v) is 6.90. The highest BCUT2D eigenvalue weighted by Gasteiger charge is 2.24. The normalized spacial score (nSPS) is 16.9. The van der Waals surface area contributed by atoms with Crippen molar-refractivity contribution >= 4 is 21.8 Å². The molecule has 0 aromatic carbocycles. The maximum atomic E-state index is 12.3. The maximum Gasteiger partial charge on any atom is 0.256 e. The maximum absolute atomic E-state index is 12.3. The predicted octanol–water partition coefficient (Wildman–Crippen LogP) is 2.34. The second-order valence-corrected chi connectivity index (χ2v) is 5.28. The van der Waals surface area contributed by atoms with Crippen molar-refractivity contribution in [2.45, 2.75) is 12.8 Å². The Morgan fingerprint density at radius 3 is 2.89 bits per heavy atom. The summed E-state index contributed by atoms with van der Waals surface area (Å²) in [6.45, 7) is 2.39. The summed E-state index contributed by atoms with van der Waals surface area (Å²) >= 11 is 3.32. The number of hydrogen-bond acceptors (Lipinski definition) is 3. The SMILES string of the molecule is COCC1CCN(C(=O)c2cccnc2Br)CC1. The molecule has 0 unspecified atom stereocenters. The number of rotatable bonds is 3. The molecule has 0 saturated carbocycles. The molecule has 2 heterocycles. The lowest BCUT2D eigenvalue weighted by molar-refractivity contribution is 0.0612. The van der Waals surface area contributed by atoms with Gasteiger partial charge in [-0.15, -0.1) is 0 Å². The van der Waals surface area contributed by atoms with Crippen LogP contribution in [0.4, 0.5) is 0 Å². The molecule has 98 valence electrons. The number of ether oxygens (including phenoxy) is 1. The number of carbonyl (C=O) groups is 1. The Kier molecular flexibility index (Phi) is 4.72. The van der Waals surface area contributed by atoms with Crippen LogP contribution in [0.1, 0.15) is 23.2 Å². The summed E-state index contributed by atoms with van der Waals surface area (Å²) in [5, 5.41) is 0. The van der Waals surface area contributed by atoms with Crippen molar-refractivity contribution in [3.8, 4) is 0 Å². The van der Waals surface area contributed by atoms with Gasteiger partial charge in [-0.2, -0.15) is 0 Å². The molecule has 5 heteroatoms. The minimum Gasteiger partial charge on any atom is -0.384 e. The van der Waals surface area contributed by atoms with Gasteiger partial charge in [0.1, 0.15) is 4.60 Å². The van der Waals surface area contributed by atoms with Crippen LogP contribution in [-0.4, -0.2) is 42.6 Å². The van der Waals surface area contributed by atoms with Crippen LogP contribution in [0.15, 0.2) is 22.9 Å². The highest BCUT2D eigenvalue weighted by molar-refractivity contribution is 9.10. The molecule has 0 spiro atoms. The molecule has 0 atom stereocenters. The number of likely N-dealkylation sites (tertiary alicyclic amines) is 1. The van der Waals surface area contributed by atoms with Crippen molar-refractivity contribution < 1.29 is 9.53 Å². The summed E-state index contributed by atoms with van der Waals surface area (Å²) in [6.07, 6.45) is 3.70. The van der Waals surface area contributed by atoms with E-state index in [4.69, 9.17) is 4.74 Å². The lowest BCUT2D eigenvalue weighted by atomic mass is 9.97. The van der Waals surface area contributed by atoms with Crippen molar-refractivity contribution in [2.24, 2.45) is 5.92 Å².